The van der Waals surface area contributed by atoms with Crippen molar-refractivity contribution < 1.29 is 14.1 Å². The quantitative estimate of drug-likeness (QED) is 0.581. The fourth-order valence-corrected chi connectivity index (χ4v) is 1.12. The molecule has 0 fully saturated rings. The van der Waals surface area contributed by atoms with Crippen LogP contribution < -0.4 is 4.74 Å². The summed E-state index contributed by atoms with van der Waals surface area (Å²) in [6, 6.07) is 4.82. The number of nitro groups is 1. The smallest absolute Gasteiger partial charge is 0.311 e. The summed E-state index contributed by atoms with van der Waals surface area (Å²) in [4.78, 5) is 9.95. The third kappa shape index (κ3) is 2.92. The van der Waals surface area contributed by atoms with Crippen molar-refractivity contribution in [1.29, 1.82) is 5.26 Å². The molecule has 0 bridgehead atoms. The third-order valence-electron chi connectivity index (χ3n) is 1.83. The zero-order valence-electron chi connectivity index (χ0n) is 8.51. The number of hydrogen-bond acceptors (Lipinski definition) is 4. The Morgan fingerprint density at radius 2 is 2.38 bits per heavy atom. The van der Waals surface area contributed by atoms with Gasteiger partial charge >= 0.3 is 5.69 Å². The van der Waals surface area contributed by atoms with Gasteiger partial charge in [-0.1, -0.05) is 0 Å². The van der Waals surface area contributed by atoms with Gasteiger partial charge in [-0.2, -0.15) is 5.26 Å². The molecule has 0 aliphatic heterocycles. The van der Waals surface area contributed by atoms with Gasteiger partial charge in [0.1, 0.15) is 11.9 Å². The van der Waals surface area contributed by atoms with Crippen LogP contribution in [-0.4, -0.2) is 11.0 Å². The van der Waals surface area contributed by atoms with Crippen LogP contribution in [0.1, 0.15) is 13.3 Å². The fraction of sp³-hybridized carbons (Fsp3) is 0.300. The molecular formula is C10H9FN2O3. The van der Waals surface area contributed by atoms with E-state index in [9.17, 15) is 14.5 Å². The molecule has 5 nitrogen and oxygen atoms in total. The molecule has 0 saturated carbocycles. The van der Waals surface area contributed by atoms with Crippen molar-refractivity contribution >= 4 is 5.69 Å². The van der Waals surface area contributed by atoms with Gasteiger partial charge in [0.15, 0.2) is 5.75 Å². The van der Waals surface area contributed by atoms with E-state index >= 15 is 0 Å². The van der Waals surface area contributed by atoms with Crippen molar-refractivity contribution in [3.8, 4) is 11.8 Å². The highest BCUT2D eigenvalue weighted by molar-refractivity contribution is 5.46. The Labute approximate surface area is 91.2 Å². The van der Waals surface area contributed by atoms with E-state index in [1.54, 1.807) is 6.92 Å². The summed E-state index contributed by atoms with van der Waals surface area (Å²) in [6.07, 6.45) is -0.446. The minimum Gasteiger partial charge on any atom is -0.483 e. The van der Waals surface area contributed by atoms with Gasteiger partial charge in [0.2, 0.25) is 0 Å². The first-order chi connectivity index (χ1) is 7.54. The lowest BCUT2D eigenvalue weighted by Crippen LogP contribution is -2.11. The first-order valence-corrected chi connectivity index (χ1v) is 4.52. The second kappa shape index (κ2) is 5.07. The topological polar surface area (TPSA) is 76.2 Å². The third-order valence-corrected chi connectivity index (χ3v) is 1.83. The van der Waals surface area contributed by atoms with Crippen LogP contribution >= 0.6 is 0 Å². The Morgan fingerprint density at radius 3 is 2.94 bits per heavy atom. The van der Waals surface area contributed by atoms with E-state index in [-0.39, 0.29) is 17.9 Å². The first kappa shape index (κ1) is 11.9. The summed E-state index contributed by atoms with van der Waals surface area (Å²) in [7, 11) is 0. The number of rotatable bonds is 4. The lowest BCUT2D eigenvalue weighted by molar-refractivity contribution is -0.386. The van der Waals surface area contributed by atoms with Crippen molar-refractivity contribution in [2.75, 3.05) is 0 Å². The molecule has 0 aliphatic carbocycles. The maximum atomic E-state index is 12.9. The number of halogens is 1. The molecule has 1 aromatic rings. The summed E-state index contributed by atoms with van der Waals surface area (Å²) >= 11 is 0. The minimum absolute atomic E-state index is 0.0771. The maximum absolute atomic E-state index is 12.9. The van der Waals surface area contributed by atoms with Gasteiger partial charge in [-0.15, -0.1) is 0 Å². The van der Waals surface area contributed by atoms with Crippen molar-refractivity contribution in [3.05, 3.63) is 34.1 Å². The van der Waals surface area contributed by atoms with E-state index in [1.807, 2.05) is 6.07 Å². The number of ether oxygens (including phenoxy) is 1. The molecule has 0 spiro atoms. The van der Waals surface area contributed by atoms with Crippen LogP contribution in [-0.2, 0) is 0 Å². The molecule has 1 unspecified atom stereocenters. The number of nitrogens with zero attached hydrogens (tertiary/aromatic N) is 2. The van der Waals surface area contributed by atoms with Gasteiger partial charge in [0.05, 0.1) is 17.4 Å². The highest BCUT2D eigenvalue weighted by Gasteiger charge is 2.17. The fourth-order valence-electron chi connectivity index (χ4n) is 1.12. The Kier molecular flexibility index (Phi) is 3.78. The van der Waals surface area contributed by atoms with Crippen molar-refractivity contribution in [3.63, 3.8) is 0 Å². The molecule has 84 valence electrons. The molecule has 0 amide bonds. The lowest BCUT2D eigenvalue weighted by Gasteiger charge is -2.11. The van der Waals surface area contributed by atoms with E-state index < -0.39 is 16.8 Å². The Hall–Kier alpha value is -2.16. The van der Waals surface area contributed by atoms with Crippen molar-refractivity contribution in [2.24, 2.45) is 0 Å². The highest BCUT2D eigenvalue weighted by Crippen LogP contribution is 2.28. The summed E-state index contributed by atoms with van der Waals surface area (Å²) in [6.45, 7) is 1.58. The molecule has 1 atom stereocenters. The Bertz CT molecular complexity index is 442. The molecule has 0 aromatic heterocycles. The second-order valence-electron chi connectivity index (χ2n) is 3.16. The molecule has 0 N–H and O–H groups in total. The standard InChI is InChI=1S/C10H9FN2O3/c1-7(4-5-12)16-10-6-8(11)2-3-9(10)13(14)15/h2-3,6-7H,4H2,1H3. The van der Waals surface area contributed by atoms with Gasteiger partial charge in [0, 0.05) is 12.1 Å². The predicted octanol–water partition coefficient (Wildman–Crippen LogP) is 2.41. The van der Waals surface area contributed by atoms with Crippen LogP contribution in [0.4, 0.5) is 10.1 Å². The molecule has 1 rings (SSSR count). The van der Waals surface area contributed by atoms with Gasteiger partial charge in [-0.3, -0.25) is 10.1 Å². The molecular weight excluding hydrogens is 215 g/mol. The summed E-state index contributed by atoms with van der Waals surface area (Å²) < 4.78 is 18.0. The van der Waals surface area contributed by atoms with E-state index in [1.165, 1.54) is 0 Å². The average Bonchev–Trinajstić information content (AvgIpc) is 2.17. The van der Waals surface area contributed by atoms with Crippen molar-refractivity contribution in [1.82, 2.24) is 0 Å². The number of benzene rings is 1. The van der Waals surface area contributed by atoms with E-state index in [0.717, 1.165) is 18.2 Å². The molecule has 6 heteroatoms. The SMILES string of the molecule is CC(CC#N)Oc1cc(F)ccc1[N+](=O)[O-]. The van der Waals surface area contributed by atoms with E-state index in [4.69, 9.17) is 10.00 Å². The van der Waals surface area contributed by atoms with Gasteiger partial charge in [-0.25, -0.2) is 4.39 Å². The van der Waals surface area contributed by atoms with Gasteiger partial charge < -0.3 is 4.74 Å². The average molecular weight is 224 g/mol. The molecule has 0 saturated heterocycles. The van der Waals surface area contributed by atoms with Crippen molar-refractivity contribution in [2.45, 2.75) is 19.4 Å². The van der Waals surface area contributed by atoms with Crippen LogP contribution in [0.3, 0.4) is 0 Å². The molecule has 1 aromatic carbocycles. The van der Waals surface area contributed by atoms with Crippen LogP contribution in [0, 0.1) is 27.3 Å². The molecule has 0 aliphatic rings. The zero-order chi connectivity index (χ0) is 12.1. The van der Waals surface area contributed by atoms with Crippen LogP contribution in [0.5, 0.6) is 5.75 Å². The normalized spacial score (nSPS) is 11.6. The Morgan fingerprint density at radius 1 is 1.69 bits per heavy atom. The maximum Gasteiger partial charge on any atom is 0.311 e. The molecule has 0 heterocycles. The molecule has 16 heavy (non-hydrogen) atoms. The number of hydrogen-bond donors (Lipinski definition) is 0. The van der Waals surface area contributed by atoms with E-state index in [0.29, 0.717) is 0 Å². The van der Waals surface area contributed by atoms with Gasteiger partial charge in [-0.05, 0) is 13.0 Å². The summed E-state index contributed by atoms with van der Waals surface area (Å²) in [5, 5.41) is 19.0. The largest absolute Gasteiger partial charge is 0.483 e. The first-order valence-electron chi connectivity index (χ1n) is 4.52. The number of nitro benzene ring substituents is 1. The monoisotopic (exact) mass is 224 g/mol. The second-order valence-corrected chi connectivity index (χ2v) is 3.16. The van der Waals surface area contributed by atoms with E-state index in [2.05, 4.69) is 0 Å². The zero-order valence-corrected chi connectivity index (χ0v) is 8.51. The van der Waals surface area contributed by atoms with Gasteiger partial charge in [0.25, 0.3) is 0 Å². The lowest BCUT2D eigenvalue weighted by atomic mass is 10.2. The van der Waals surface area contributed by atoms with Crippen LogP contribution in [0.25, 0.3) is 0 Å². The summed E-state index contributed by atoms with van der Waals surface area (Å²) in [5.41, 5.74) is -0.314. The molecule has 0 radical (unpaired) electrons. The number of nitriles is 1. The summed E-state index contributed by atoms with van der Waals surface area (Å²) in [5.74, 6) is -0.780. The van der Waals surface area contributed by atoms with Crippen LogP contribution in [0.15, 0.2) is 18.2 Å². The minimum atomic E-state index is -0.659. The predicted molar refractivity (Wildman–Crippen MR) is 53.4 cm³/mol. The highest BCUT2D eigenvalue weighted by atomic mass is 19.1. The Balaban J connectivity index is 2.97. The van der Waals surface area contributed by atoms with Crippen LogP contribution in [0.2, 0.25) is 0 Å².